The quantitative estimate of drug-likeness (QED) is 0.736. The molecule has 0 aromatic heterocycles. The van der Waals surface area contributed by atoms with Gasteiger partial charge in [-0.3, -0.25) is 4.79 Å². The van der Waals surface area contributed by atoms with Crippen LogP contribution in [0, 0.1) is 0 Å². The Kier molecular flexibility index (Phi) is 4.14. The minimum atomic E-state index is -3.12. The van der Waals surface area contributed by atoms with Crippen LogP contribution in [-0.2, 0) is 14.8 Å². The third-order valence-corrected chi connectivity index (χ3v) is 8.38. The molecule has 0 aromatic carbocycles. The van der Waals surface area contributed by atoms with Gasteiger partial charge in [-0.05, 0) is 51.6 Å². The Morgan fingerprint density at radius 3 is 2.35 bits per heavy atom. The molecule has 7 heteroatoms. The van der Waals surface area contributed by atoms with E-state index >= 15 is 0 Å². The van der Waals surface area contributed by atoms with Crippen LogP contribution in [0.15, 0.2) is 0 Å². The third-order valence-electron chi connectivity index (χ3n) is 5.96. The smallest absolute Gasteiger partial charge is 0.222 e. The normalized spacial score (nSPS) is 33.4. The lowest BCUT2D eigenvalue weighted by Gasteiger charge is -2.40. The maximum absolute atomic E-state index is 12.6. The van der Waals surface area contributed by atoms with Crippen molar-refractivity contribution in [1.82, 2.24) is 14.1 Å². The van der Waals surface area contributed by atoms with Gasteiger partial charge in [0.25, 0.3) is 0 Å². The van der Waals surface area contributed by atoms with E-state index in [4.69, 9.17) is 0 Å². The van der Waals surface area contributed by atoms with E-state index in [0.29, 0.717) is 19.4 Å². The fourth-order valence-corrected chi connectivity index (χ4v) is 6.63. The zero-order valence-corrected chi connectivity index (χ0v) is 14.5. The molecule has 2 atom stereocenters. The molecule has 0 radical (unpaired) electrons. The number of carbonyl (C=O) groups excluding carboxylic acids is 1. The highest BCUT2D eigenvalue weighted by atomic mass is 32.2. The minimum absolute atomic E-state index is 0.0249. The van der Waals surface area contributed by atoms with Crippen molar-refractivity contribution in [2.45, 2.75) is 62.3 Å². The van der Waals surface area contributed by atoms with Gasteiger partial charge in [0.1, 0.15) is 0 Å². The van der Waals surface area contributed by atoms with E-state index in [1.165, 1.54) is 12.8 Å². The molecular formula is C16H27N3O3S. The summed E-state index contributed by atoms with van der Waals surface area (Å²) >= 11 is 0. The number of nitrogens with zero attached hydrogens (tertiary/aromatic N) is 3. The van der Waals surface area contributed by atoms with Crippen molar-refractivity contribution in [2.75, 3.05) is 32.7 Å². The molecule has 0 spiro atoms. The Morgan fingerprint density at radius 2 is 1.65 bits per heavy atom. The van der Waals surface area contributed by atoms with E-state index in [-0.39, 0.29) is 23.2 Å². The van der Waals surface area contributed by atoms with Gasteiger partial charge in [0.2, 0.25) is 15.9 Å². The highest BCUT2D eigenvalue weighted by Crippen LogP contribution is 2.39. The number of carbonyl (C=O) groups is 1. The van der Waals surface area contributed by atoms with Crippen molar-refractivity contribution in [3.05, 3.63) is 0 Å². The molecule has 130 valence electrons. The number of hydrogen-bond donors (Lipinski definition) is 0. The number of likely N-dealkylation sites (tertiary alicyclic amines) is 2. The number of fused-ring (bicyclic) bond motifs is 1. The number of amides is 1. The molecule has 3 aliphatic heterocycles. The summed E-state index contributed by atoms with van der Waals surface area (Å²) in [5.74, 6) is 0.219. The topological polar surface area (TPSA) is 60.9 Å². The molecule has 23 heavy (non-hydrogen) atoms. The van der Waals surface area contributed by atoms with Crippen molar-refractivity contribution >= 4 is 15.9 Å². The van der Waals surface area contributed by atoms with Crippen molar-refractivity contribution in [3.8, 4) is 0 Å². The Balaban J connectivity index is 1.44. The molecule has 1 aliphatic carbocycles. The molecule has 0 bridgehead atoms. The second-order valence-corrected chi connectivity index (χ2v) is 9.62. The first-order valence-corrected chi connectivity index (χ1v) is 10.6. The first kappa shape index (κ1) is 15.8. The van der Waals surface area contributed by atoms with Gasteiger partial charge < -0.3 is 9.80 Å². The van der Waals surface area contributed by atoms with Gasteiger partial charge >= 0.3 is 0 Å². The Morgan fingerprint density at radius 1 is 0.913 bits per heavy atom. The molecule has 0 aromatic rings. The van der Waals surface area contributed by atoms with Crippen molar-refractivity contribution in [2.24, 2.45) is 0 Å². The first-order chi connectivity index (χ1) is 11.1. The Bertz CT molecular complexity index is 569. The lowest BCUT2D eigenvalue weighted by Crippen LogP contribution is -2.55. The van der Waals surface area contributed by atoms with Crippen LogP contribution in [0.2, 0.25) is 0 Å². The monoisotopic (exact) mass is 341 g/mol. The largest absolute Gasteiger partial charge is 0.337 e. The molecule has 3 saturated heterocycles. The summed E-state index contributed by atoms with van der Waals surface area (Å²) in [6, 6.07) is 0.129. The van der Waals surface area contributed by atoms with Gasteiger partial charge in [-0.15, -0.1) is 0 Å². The van der Waals surface area contributed by atoms with Crippen LogP contribution < -0.4 is 0 Å². The molecule has 4 fully saturated rings. The van der Waals surface area contributed by atoms with E-state index in [0.717, 1.165) is 45.4 Å². The van der Waals surface area contributed by atoms with Crippen LogP contribution >= 0.6 is 0 Å². The second kappa shape index (κ2) is 6.01. The van der Waals surface area contributed by atoms with Crippen LogP contribution in [0.25, 0.3) is 0 Å². The summed E-state index contributed by atoms with van der Waals surface area (Å²) in [5, 5.41) is -0.142. The molecular weight excluding hydrogens is 314 g/mol. The average Bonchev–Trinajstić information content (AvgIpc) is 3.10. The highest BCUT2D eigenvalue weighted by molar-refractivity contribution is 7.90. The van der Waals surface area contributed by atoms with E-state index in [1.807, 2.05) is 4.90 Å². The molecule has 0 unspecified atom stereocenters. The van der Waals surface area contributed by atoms with Crippen LogP contribution in [0.5, 0.6) is 0 Å². The minimum Gasteiger partial charge on any atom is -0.337 e. The molecule has 1 amide bonds. The molecule has 0 N–H and O–H groups in total. The predicted molar refractivity (Wildman–Crippen MR) is 87.5 cm³/mol. The van der Waals surface area contributed by atoms with Gasteiger partial charge in [-0.2, -0.15) is 4.31 Å². The Hall–Kier alpha value is -0.660. The SMILES string of the molecule is O=C1CC[C@@H]2[C@@H](CCN2S(=O)(=O)C2CC2)N1CCN1CCCC1. The highest BCUT2D eigenvalue weighted by Gasteiger charge is 2.51. The second-order valence-electron chi connectivity index (χ2n) is 7.45. The van der Waals surface area contributed by atoms with Crippen LogP contribution in [0.4, 0.5) is 0 Å². The van der Waals surface area contributed by atoms with Gasteiger partial charge in [-0.1, -0.05) is 0 Å². The molecule has 4 aliphatic rings. The maximum Gasteiger partial charge on any atom is 0.222 e. The third kappa shape index (κ3) is 2.91. The fourth-order valence-electron chi connectivity index (χ4n) is 4.53. The molecule has 1 saturated carbocycles. The van der Waals surface area contributed by atoms with Gasteiger partial charge in [0.15, 0.2) is 0 Å². The first-order valence-electron chi connectivity index (χ1n) is 9.10. The number of piperidine rings is 1. The summed E-state index contributed by atoms with van der Waals surface area (Å²) in [6.07, 6.45) is 6.15. The van der Waals surface area contributed by atoms with Crippen LogP contribution in [0.1, 0.15) is 44.9 Å². The van der Waals surface area contributed by atoms with Crippen LogP contribution in [-0.4, -0.2) is 78.5 Å². The summed E-state index contributed by atoms with van der Waals surface area (Å²) < 4.78 is 27.0. The summed E-state index contributed by atoms with van der Waals surface area (Å²) in [7, 11) is -3.12. The predicted octanol–water partition coefficient (Wildman–Crippen LogP) is 0.640. The lowest BCUT2D eigenvalue weighted by molar-refractivity contribution is -0.137. The standard InChI is InChI=1S/C16H27N3O3S/c20-16-6-5-15-14(18(16)12-11-17-8-1-2-9-17)7-10-19(15)23(21,22)13-3-4-13/h13-15H,1-12H2/t14-,15-/m1/s1. The van der Waals surface area contributed by atoms with Gasteiger partial charge in [0.05, 0.1) is 5.25 Å². The van der Waals surface area contributed by atoms with Gasteiger partial charge in [0, 0.05) is 38.1 Å². The van der Waals surface area contributed by atoms with Crippen molar-refractivity contribution in [3.63, 3.8) is 0 Å². The average molecular weight is 341 g/mol. The molecule has 3 heterocycles. The fraction of sp³-hybridized carbons (Fsp3) is 0.938. The van der Waals surface area contributed by atoms with E-state index in [9.17, 15) is 13.2 Å². The van der Waals surface area contributed by atoms with Gasteiger partial charge in [-0.25, -0.2) is 8.42 Å². The van der Waals surface area contributed by atoms with Crippen molar-refractivity contribution < 1.29 is 13.2 Å². The summed E-state index contributed by atoms with van der Waals surface area (Å²) in [5.41, 5.74) is 0. The number of hydrogen-bond acceptors (Lipinski definition) is 4. The van der Waals surface area contributed by atoms with E-state index in [1.54, 1.807) is 4.31 Å². The summed E-state index contributed by atoms with van der Waals surface area (Å²) in [6.45, 7) is 4.57. The summed E-state index contributed by atoms with van der Waals surface area (Å²) in [4.78, 5) is 16.8. The van der Waals surface area contributed by atoms with E-state index in [2.05, 4.69) is 4.90 Å². The zero-order valence-electron chi connectivity index (χ0n) is 13.7. The maximum atomic E-state index is 12.6. The van der Waals surface area contributed by atoms with E-state index < -0.39 is 10.0 Å². The number of sulfonamides is 1. The lowest BCUT2D eigenvalue weighted by atomic mass is 9.97. The van der Waals surface area contributed by atoms with Crippen molar-refractivity contribution in [1.29, 1.82) is 0 Å². The zero-order chi connectivity index (χ0) is 16.0. The Labute approximate surface area is 138 Å². The number of rotatable bonds is 5. The molecule has 4 rings (SSSR count). The van der Waals surface area contributed by atoms with Crippen LogP contribution in [0.3, 0.4) is 0 Å². The molecule has 6 nitrogen and oxygen atoms in total.